The molecule has 0 radical (unpaired) electrons. The molecule has 0 amide bonds. The van der Waals surface area contributed by atoms with Gasteiger partial charge in [0.25, 0.3) is 5.56 Å². The van der Waals surface area contributed by atoms with Crippen LogP contribution < -0.4 is 16.6 Å². The summed E-state index contributed by atoms with van der Waals surface area (Å²) in [6.07, 6.45) is 1.49. The Labute approximate surface area is 130 Å². The molecule has 0 aliphatic rings. The number of hydrogen-bond donors (Lipinski definition) is 1. The second kappa shape index (κ2) is 5.35. The lowest BCUT2D eigenvalue weighted by Crippen LogP contribution is -2.37. The average molecular weight is 314 g/mol. The van der Waals surface area contributed by atoms with Crippen molar-refractivity contribution in [1.82, 2.24) is 14.1 Å². The number of rotatable bonds is 2. The van der Waals surface area contributed by atoms with Gasteiger partial charge in [-0.05, 0) is 30.7 Å². The van der Waals surface area contributed by atoms with Crippen molar-refractivity contribution < 1.29 is 4.39 Å². The summed E-state index contributed by atoms with van der Waals surface area (Å²) >= 11 is 0. The van der Waals surface area contributed by atoms with Crippen LogP contribution in [0.5, 0.6) is 0 Å². The largest absolute Gasteiger partial charge is 0.355 e. The molecule has 0 saturated heterocycles. The quantitative estimate of drug-likeness (QED) is 0.783. The van der Waals surface area contributed by atoms with Crippen molar-refractivity contribution in [3.63, 3.8) is 0 Å². The standard InChI is InChI=1S/C16H15FN4O2/c1-9-4-5-10(8-11(9)17)19-12-6-7-18-14-13(12)15(22)21(3)16(23)20(14)2/h4-8H,1-3H3,(H,18,19). The van der Waals surface area contributed by atoms with E-state index in [4.69, 9.17) is 0 Å². The maximum absolute atomic E-state index is 13.7. The number of benzene rings is 1. The first kappa shape index (κ1) is 15.0. The zero-order valence-corrected chi connectivity index (χ0v) is 12.9. The van der Waals surface area contributed by atoms with Gasteiger partial charge >= 0.3 is 5.69 Å². The van der Waals surface area contributed by atoms with E-state index >= 15 is 0 Å². The van der Waals surface area contributed by atoms with E-state index in [2.05, 4.69) is 10.3 Å². The van der Waals surface area contributed by atoms with E-state index in [1.807, 2.05) is 0 Å². The van der Waals surface area contributed by atoms with E-state index in [-0.39, 0.29) is 16.9 Å². The molecule has 0 atom stereocenters. The molecule has 3 aromatic rings. The second-order valence-corrected chi connectivity index (χ2v) is 5.35. The second-order valence-electron chi connectivity index (χ2n) is 5.35. The molecule has 0 aliphatic heterocycles. The van der Waals surface area contributed by atoms with Crippen LogP contribution in [0.4, 0.5) is 15.8 Å². The van der Waals surface area contributed by atoms with Gasteiger partial charge in [-0.1, -0.05) is 6.07 Å². The molecule has 0 fully saturated rings. The fourth-order valence-electron chi connectivity index (χ4n) is 2.42. The molecule has 118 valence electrons. The minimum Gasteiger partial charge on any atom is -0.355 e. The number of aromatic nitrogens is 3. The topological polar surface area (TPSA) is 68.9 Å². The van der Waals surface area contributed by atoms with Crippen LogP contribution in [0.3, 0.4) is 0 Å². The Bertz CT molecular complexity index is 1040. The van der Waals surface area contributed by atoms with Crippen LogP contribution in [0.2, 0.25) is 0 Å². The summed E-state index contributed by atoms with van der Waals surface area (Å²) in [4.78, 5) is 28.5. The number of hydrogen-bond acceptors (Lipinski definition) is 4. The first-order chi connectivity index (χ1) is 10.9. The minimum atomic E-state index is -0.453. The highest BCUT2D eigenvalue weighted by molar-refractivity contribution is 5.90. The number of pyridine rings is 1. The van der Waals surface area contributed by atoms with Crippen LogP contribution in [0, 0.1) is 12.7 Å². The molecule has 0 spiro atoms. The normalized spacial score (nSPS) is 11.0. The van der Waals surface area contributed by atoms with E-state index in [1.54, 1.807) is 32.2 Å². The van der Waals surface area contributed by atoms with Gasteiger partial charge in [0.05, 0.1) is 5.69 Å². The van der Waals surface area contributed by atoms with E-state index in [1.165, 1.54) is 23.9 Å². The molecule has 1 aromatic carbocycles. The zero-order valence-electron chi connectivity index (χ0n) is 12.9. The predicted molar refractivity (Wildman–Crippen MR) is 86.6 cm³/mol. The van der Waals surface area contributed by atoms with Crippen molar-refractivity contribution in [3.8, 4) is 0 Å². The van der Waals surface area contributed by atoms with Gasteiger partial charge in [-0.25, -0.2) is 14.2 Å². The monoisotopic (exact) mass is 314 g/mol. The molecule has 1 N–H and O–H groups in total. The van der Waals surface area contributed by atoms with Crippen molar-refractivity contribution in [2.75, 3.05) is 5.32 Å². The summed E-state index contributed by atoms with van der Waals surface area (Å²) in [5.74, 6) is -0.339. The number of fused-ring (bicyclic) bond motifs is 1. The van der Waals surface area contributed by atoms with Crippen molar-refractivity contribution >= 4 is 22.4 Å². The van der Waals surface area contributed by atoms with E-state index in [0.29, 0.717) is 16.9 Å². The number of nitrogens with zero attached hydrogens (tertiary/aromatic N) is 3. The van der Waals surface area contributed by atoms with Crippen LogP contribution >= 0.6 is 0 Å². The lowest BCUT2D eigenvalue weighted by molar-refractivity contribution is 0.619. The molecule has 0 bridgehead atoms. The summed E-state index contributed by atoms with van der Waals surface area (Å²) in [6, 6.07) is 6.34. The predicted octanol–water partition coefficient (Wildman–Crippen LogP) is 1.82. The van der Waals surface area contributed by atoms with Gasteiger partial charge in [0, 0.05) is 26.0 Å². The maximum atomic E-state index is 13.7. The van der Waals surface area contributed by atoms with Crippen LogP contribution in [0.15, 0.2) is 40.1 Å². The summed E-state index contributed by atoms with van der Waals surface area (Å²) in [5.41, 5.74) is 0.884. The molecule has 7 heteroatoms. The third-order valence-electron chi connectivity index (χ3n) is 3.79. The highest BCUT2D eigenvalue weighted by Crippen LogP contribution is 2.23. The van der Waals surface area contributed by atoms with E-state index in [9.17, 15) is 14.0 Å². The minimum absolute atomic E-state index is 0.274. The zero-order chi connectivity index (χ0) is 16.7. The molecule has 3 rings (SSSR count). The Morgan fingerprint density at radius 3 is 2.57 bits per heavy atom. The van der Waals surface area contributed by atoms with Crippen molar-refractivity contribution in [2.45, 2.75) is 6.92 Å². The first-order valence-corrected chi connectivity index (χ1v) is 6.98. The van der Waals surface area contributed by atoms with Gasteiger partial charge in [0.1, 0.15) is 11.2 Å². The Kier molecular flexibility index (Phi) is 3.48. The number of halogens is 1. The van der Waals surface area contributed by atoms with Gasteiger partial charge in [-0.15, -0.1) is 0 Å². The van der Waals surface area contributed by atoms with Crippen molar-refractivity contribution in [1.29, 1.82) is 0 Å². The summed E-state index contributed by atoms with van der Waals surface area (Å²) in [7, 11) is 2.96. The highest BCUT2D eigenvalue weighted by Gasteiger charge is 2.13. The summed E-state index contributed by atoms with van der Waals surface area (Å²) in [5, 5.41) is 3.30. The van der Waals surface area contributed by atoms with Crippen LogP contribution in [0.1, 0.15) is 5.56 Å². The fraction of sp³-hybridized carbons (Fsp3) is 0.188. The Balaban J connectivity index is 2.24. The van der Waals surface area contributed by atoms with Gasteiger partial charge in [0.2, 0.25) is 0 Å². The Morgan fingerprint density at radius 2 is 1.87 bits per heavy atom. The summed E-state index contributed by atoms with van der Waals surface area (Å²) < 4.78 is 16.0. The van der Waals surface area contributed by atoms with Gasteiger partial charge in [-0.3, -0.25) is 13.9 Å². The smallest absolute Gasteiger partial charge is 0.332 e. The van der Waals surface area contributed by atoms with Gasteiger partial charge in [0.15, 0.2) is 5.65 Å². The number of anilines is 2. The third kappa shape index (κ3) is 2.40. The molecule has 23 heavy (non-hydrogen) atoms. The molecule has 6 nitrogen and oxygen atoms in total. The van der Waals surface area contributed by atoms with Crippen LogP contribution in [0.25, 0.3) is 11.0 Å². The molecule has 2 aromatic heterocycles. The van der Waals surface area contributed by atoms with Crippen molar-refractivity contribution in [3.05, 3.63) is 62.7 Å². The van der Waals surface area contributed by atoms with Crippen LogP contribution in [-0.2, 0) is 14.1 Å². The van der Waals surface area contributed by atoms with Crippen LogP contribution in [-0.4, -0.2) is 14.1 Å². The SMILES string of the molecule is Cc1ccc(Nc2ccnc3c2c(=O)n(C)c(=O)n3C)cc1F. The van der Waals surface area contributed by atoms with Crippen molar-refractivity contribution in [2.24, 2.45) is 14.1 Å². The average Bonchev–Trinajstić information content (AvgIpc) is 2.54. The molecular weight excluding hydrogens is 299 g/mol. The lowest BCUT2D eigenvalue weighted by atomic mass is 10.2. The van der Waals surface area contributed by atoms with Gasteiger partial charge < -0.3 is 5.32 Å². The third-order valence-corrected chi connectivity index (χ3v) is 3.79. The molecule has 0 saturated carbocycles. The van der Waals surface area contributed by atoms with E-state index < -0.39 is 11.2 Å². The highest BCUT2D eigenvalue weighted by atomic mass is 19.1. The Morgan fingerprint density at radius 1 is 1.13 bits per heavy atom. The fourth-order valence-corrected chi connectivity index (χ4v) is 2.42. The van der Waals surface area contributed by atoms with Gasteiger partial charge in [-0.2, -0.15) is 0 Å². The molecule has 0 unspecified atom stereocenters. The van der Waals surface area contributed by atoms with E-state index in [0.717, 1.165) is 4.57 Å². The number of nitrogens with one attached hydrogen (secondary N) is 1. The Hall–Kier alpha value is -2.96. The molecule has 0 aliphatic carbocycles. The summed E-state index contributed by atoms with van der Waals surface area (Å²) in [6.45, 7) is 1.67. The lowest BCUT2D eigenvalue weighted by Gasteiger charge is -2.12. The maximum Gasteiger partial charge on any atom is 0.332 e. The molecular formula is C16H15FN4O2. The number of aryl methyl sites for hydroxylation is 2. The molecule has 2 heterocycles. The first-order valence-electron chi connectivity index (χ1n) is 6.98.